The molecule has 2 heterocycles. The van der Waals surface area contributed by atoms with Crippen LogP contribution in [0.3, 0.4) is 0 Å². The molecule has 0 fully saturated rings. The summed E-state index contributed by atoms with van der Waals surface area (Å²) in [5.74, 6) is -0.507. The van der Waals surface area contributed by atoms with Gasteiger partial charge >= 0.3 is 0 Å². The number of carbonyl (C=O) groups excluding carboxylic acids is 1. The van der Waals surface area contributed by atoms with Gasteiger partial charge in [-0.1, -0.05) is 36.4 Å². The lowest BCUT2D eigenvalue weighted by Gasteiger charge is -2.06. The molecular formula is C21H20N4O2. The van der Waals surface area contributed by atoms with Crippen LogP contribution in [0.5, 0.6) is 5.75 Å². The molecule has 0 atom stereocenters. The molecule has 0 saturated heterocycles. The molecule has 0 spiro atoms. The molecule has 0 unspecified atom stereocenters. The minimum Gasteiger partial charge on any atom is -0.504 e. The predicted molar refractivity (Wildman–Crippen MR) is 104 cm³/mol. The molecule has 6 heteroatoms. The summed E-state index contributed by atoms with van der Waals surface area (Å²) in [5.41, 5.74) is 2.00. The molecule has 0 aliphatic carbocycles. The summed E-state index contributed by atoms with van der Waals surface area (Å²) in [6, 6.07) is 19.7. The first-order valence-electron chi connectivity index (χ1n) is 8.88. The molecular weight excluding hydrogens is 340 g/mol. The molecule has 2 aromatic carbocycles. The lowest BCUT2D eigenvalue weighted by Crippen LogP contribution is -2.25. The van der Waals surface area contributed by atoms with Gasteiger partial charge in [0.25, 0.3) is 5.91 Å². The number of aryl methyl sites for hydroxylation is 1. The van der Waals surface area contributed by atoms with Crippen LogP contribution in [0.2, 0.25) is 0 Å². The van der Waals surface area contributed by atoms with Crippen molar-refractivity contribution < 1.29 is 9.90 Å². The molecule has 6 nitrogen and oxygen atoms in total. The van der Waals surface area contributed by atoms with Crippen molar-refractivity contribution in [3.63, 3.8) is 0 Å². The first-order chi connectivity index (χ1) is 13.2. The lowest BCUT2D eigenvalue weighted by molar-refractivity contribution is 0.0945. The van der Waals surface area contributed by atoms with Crippen molar-refractivity contribution in [1.82, 2.24) is 19.7 Å². The fourth-order valence-corrected chi connectivity index (χ4v) is 3.11. The Kier molecular flexibility index (Phi) is 4.61. The van der Waals surface area contributed by atoms with Gasteiger partial charge in [-0.2, -0.15) is 5.10 Å². The van der Waals surface area contributed by atoms with Crippen LogP contribution >= 0.6 is 0 Å². The number of nitrogens with one attached hydrogen (secondary N) is 1. The van der Waals surface area contributed by atoms with Crippen LogP contribution < -0.4 is 5.32 Å². The lowest BCUT2D eigenvalue weighted by atomic mass is 10.2. The number of para-hydroxylation sites is 2. The normalized spacial score (nSPS) is 11.0. The Balaban J connectivity index is 1.35. The van der Waals surface area contributed by atoms with E-state index in [2.05, 4.69) is 39.4 Å². The van der Waals surface area contributed by atoms with Gasteiger partial charge in [-0.25, -0.2) is 4.68 Å². The highest BCUT2D eigenvalue weighted by atomic mass is 16.3. The maximum Gasteiger partial charge on any atom is 0.275 e. The molecule has 0 saturated carbocycles. The molecule has 4 rings (SSSR count). The Morgan fingerprint density at radius 1 is 1.04 bits per heavy atom. The van der Waals surface area contributed by atoms with Gasteiger partial charge in [0.2, 0.25) is 0 Å². The van der Waals surface area contributed by atoms with E-state index < -0.39 is 0 Å². The van der Waals surface area contributed by atoms with E-state index >= 15 is 0 Å². The third-order valence-electron chi connectivity index (χ3n) is 4.47. The van der Waals surface area contributed by atoms with Crippen LogP contribution in [0.25, 0.3) is 16.6 Å². The Hall–Kier alpha value is -3.54. The Morgan fingerprint density at radius 3 is 2.67 bits per heavy atom. The number of aromatic nitrogens is 3. The smallest absolute Gasteiger partial charge is 0.275 e. The monoisotopic (exact) mass is 360 g/mol. The quantitative estimate of drug-likeness (QED) is 0.518. The number of hydrogen-bond donors (Lipinski definition) is 2. The Morgan fingerprint density at radius 2 is 1.81 bits per heavy atom. The van der Waals surface area contributed by atoms with E-state index in [4.69, 9.17) is 0 Å². The van der Waals surface area contributed by atoms with Crippen LogP contribution in [0.1, 0.15) is 16.9 Å². The molecule has 0 bridgehead atoms. The Bertz CT molecular complexity index is 1070. The largest absolute Gasteiger partial charge is 0.504 e. The maximum atomic E-state index is 12.3. The summed E-state index contributed by atoms with van der Waals surface area (Å²) >= 11 is 0. The fraction of sp³-hybridized carbons (Fsp3) is 0.143. The second kappa shape index (κ2) is 7.37. The van der Waals surface area contributed by atoms with E-state index in [0.29, 0.717) is 6.54 Å². The summed E-state index contributed by atoms with van der Waals surface area (Å²) < 4.78 is 3.67. The third kappa shape index (κ3) is 3.55. The van der Waals surface area contributed by atoms with E-state index in [1.54, 1.807) is 0 Å². The number of hydrogen-bond acceptors (Lipinski definition) is 3. The van der Waals surface area contributed by atoms with E-state index in [1.165, 1.54) is 21.8 Å². The number of amides is 1. The highest BCUT2D eigenvalue weighted by molar-refractivity contribution is 5.94. The van der Waals surface area contributed by atoms with Crippen LogP contribution in [0.4, 0.5) is 0 Å². The van der Waals surface area contributed by atoms with Gasteiger partial charge in [0, 0.05) is 24.8 Å². The van der Waals surface area contributed by atoms with Crippen LogP contribution in [-0.4, -0.2) is 31.9 Å². The molecule has 136 valence electrons. The van der Waals surface area contributed by atoms with E-state index in [9.17, 15) is 9.90 Å². The Labute approximate surface area is 156 Å². The van der Waals surface area contributed by atoms with Crippen LogP contribution in [0, 0.1) is 0 Å². The van der Waals surface area contributed by atoms with Crippen molar-refractivity contribution >= 4 is 16.8 Å². The van der Waals surface area contributed by atoms with Gasteiger partial charge in [-0.15, -0.1) is 0 Å². The molecule has 1 amide bonds. The molecule has 2 N–H and O–H groups in total. The number of nitrogens with zero attached hydrogens (tertiary/aromatic N) is 3. The first-order valence-corrected chi connectivity index (χ1v) is 8.88. The molecule has 0 radical (unpaired) electrons. The average molecular weight is 360 g/mol. The SMILES string of the molecule is O=C(NCCCn1ccc2ccccc21)c1nn(-c2ccccc2)cc1O. The van der Waals surface area contributed by atoms with Crippen molar-refractivity contribution in [2.45, 2.75) is 13.0 Å². The van der Waals surface area contributed by atoms with Crippen molar-refractivity contribution in [2.75, 3.05) is 6.54 Å². The average Bonchev–Trinajstić information content (AvgIpc) is 3.29. The molecule has 2 aromatic heterocycles. The van der Waals surface area contributed by atoms with E-state index in [1.807, 2.05) is 42.5 Å². The zero-order chi connectivity index (χ0) is 18.6. The number of carbonyl (C=O) groups is 1. The zero-order valence-electron chi connectivity index (χ0n) is 14.7. The van der Waals surface area contributed by atoms with Crippen molar-refractivity contribution in [3.8, 4) is 11.4 Å². The van der Waals surface area contributed by atoms with Gasteiger partial charge in [-0.05, 0) is 36.1 Å². The fourth-order valence-electron chi connectivity index (χ4n) is 3.11. The summed E-state index contributed by atoms with van der Waals surface area (Å²) in [6.45, 7) is 1.31. The zero-order valence-corrected chi connectivity index (χ0v) is 14.7. The first kappa shape index (κ1) is 16.9. The second-order valence-electron chi connectivity index (χ2n) is 6.32. The molecule has 0 aliphatic heterocycles. The maximum absolute atomic E-state index is 12.3. The topological polar surface area (TPSA) is 72.1 Å². The summed E-state index contributed by atoms with van der Waals surface area (Å²) in [6.07, 6.45) is 4.28. The number of benzene rings is 2. The highest BCUT2D eigenvalue weighted by Gasteiger charge is 2.16. The number of rotatable bonds is 6. The number of aromatic hydroxyl groups is 1. The molecule has 4 aromatic rings. The standard InChI is InChI=1S/C21H20N4O2/c26-19-15-25(17-8-2-1-3-9-17)23-20(19)21(27)22-12-6-13-24-14-11-16-7-4-5-10-18(16)24/h1-5,7-11,14-15,26H,6,12-13H2,(H,22,27). The van der Waals surface area contributed by atoms with Gasteiger partial charge in [-0.3, -0.25) is 4.79 Å². The predicted octanol–water partition coefficient (Wildman–Crippen LogP) is 3.35. The van der Waals surface area contributed by atoms with Crippen molar-refractivity contribution in [2.24, 2.45) is 0 Å². The summed E-state index contributed by atoms with van der Waals surface area (Å²) in [4.78, 5) is 12.3. The van der Waals surface area contributed by atoms with Crippen LogP contribution in [0.15, 0.2) is 73.1 Å². The number of fused-ring (bicyclic) bond motifs is 1. The summed E-state index contributed by atoms with van der Waals surface area (Å²) in [5, 5.41) is 18.3. The van der Waals surface area contributed by atoms with Crippen molar-refractivity contribution in [3.05, 3.63) is 78.8 Å². The van der Waals surface area contributed by atoms with Gasteiger partial charge in [0.15, 0.2) is 11.4 Å². The second-order valence-corrected chi connectivity index (χ2v) is 6.32. The summed E-state index contributed by atoms with van der Waals surface area (Å²) in [7, 11) is 0. The highest BCUT2D eigenvalue weighted by Crippen LogP contribution is 2.18. The van der Waals surface area contributed by atoms with Crippen molar-refractivity contribution in [1.29, 1.82) is 0 Å². The molecule has 27 heavy (non-hydrogen) atoms. The minimum absolute atomic E-state index is 0.0327. The van der Waals surface area contributed by atoms with Crippen LogP contribution in [-0.2, 0) is 6.54 Å². The third-order valence-corrected chi connectivity index (χ3v) is 4.47. The molecule has 0 aliphatic rings. The van der Waals surface area contributed by atoms with Gasteiger partial charge in [0.1, 0.15) is 0 Å². The van der Waals surface area contributed by atoms with Gasteiger partial charge < -0.3 is 15.0 Å². The van der Waals surface area contributed by atoms with E-state index in [0.717, 1.165) is 18.7 Å². The minimum atomic E-state index is -0.375. The van der Waals surface area contributed by atoms with Gasteiger partial charge in [0.05, 0.1) is 11.9 Å². The van der Waals surface area contributed by atoms with E-state index in [-0.39, 0.29) is 17.4 Å².